The van der Waals surface area contributed by atoms with Crippen molar-refractivity contribution in [1.82, 2.24) is 24.9 Å². The highest BCUT2D eigenvalue weighted by Crippen LogP contribution is 2.38. The molecule has 0 N–H and O–H groups in total. The average Bonchev–Trinajstić information content (AvgIpc) is 2.83. The van der Waals surface area contributed by atoms with Crippen LogP contribution in [0.3, 0.4) is 0 Å². The predicted molar refractivity (Wildman–Crippen MR) is 120 cm³/mol. The van der Waals surface area contributed by atoms with E-state index in [-0.39, 0.29) is 0 Å². The van der Waals surface area contributed by atoms with Gasteiger partial charge in [-0.1, -0.05) is 12.1 Å². The number of rotatable bonds is 0. The second kappa shape index (κ2) is 5.64. The molecule has 5 heterocycles. The molecule has 0 aliphatic carbocycles. The quantitative estimate of drug-likeness (QED) is 0.253. The molecule has 138 valence electrons. The maximum atomic E-state index is 5.20. The van der Waals surface area contributed by atoms with Crippen molar-refractivity contribution in [3.05, 3.63) is 79.4 Å². The molecular weight excluding hydrogens is 370 g/mol. The molecule has 0 fully saturated rings. The molecule has 5 heteroatoms. The van der Waals surface area contributed by atoms with Gasteiger partial charge in [-0.25, -0.2) is 4.98 Å². The Labute approximate surface area is 170 Å². The molecule has 0 radical (unpaired) electrons. The summed E-state index contributed by atoms with van der Waals surface area (Å²) in [5.74, 6) is 0. The van der Waals surface area contributed by atoms with Crippen molar-refractivity contribution in [2.45, 2.75) is 0 Å². The Hall–Kier alpha value is -4.25. The van der Waals surface area contributed by atoms with E-state index >= 15 is 0 Å². The Kier molecular flexibility index (Phi) is 2.94. The third kappa shape index (κ3) is 1.93. The molecule has 0 amide bonds. The number of hydrogen-bond acceptors (Lipinski definition) is 5. The fraction of sp³-hybridized carbons (Fsp3) is 0. The summed E-state index contributed by atoms with van der Waals surface area (Å²) >= 11 is 0. The maximum Gasteiger partial charge on any atom is 0.0986 e. The minimum absolute atomic E-state index is 0.873. The average molecular weight is 383 g/mol. The first kappa shape index (κ1) is 15.6. The first-order valence-electron chi connectivity index (χ1n) is 9.77. The predicted octanol–water partition coefficient (Wildman–Crippen LogP) is 5.58. The van der Waals surface area contributed by atoms with Crippen LogP contribution in [0.25, 0.3) is 65.4 Å². The zero-order valence-corrected chi connectivity index (χ0v) is 15.7. The molecule has 0 atom stereocenters. The van der Waals surface area contributed by atoms with E-state index in [1.54, 1.807) is 0 Å². The van der Waals surface area contributed by atoms with Gasteiger partial charge in [0.25, 0.3) is 0 Å². The summed E-state index contributed by atoms with van der Waals surface area (Å²) in [4.78, 5) is 23.7. The van der Waals surface area contributed by atoms with Crippen molar-refractivity contribution in [2.24, 2.45) is 0 Å². The molecule has 30 heavy (non-hydrogen) atoms. The highest BCUT2D eigenvalue weighted by Gasteiger charge is 2.16. The monoisotopic (exact) mass is 383 g/mol. The first-order chi connectivity index (χ1) is 14.9. The minimum atomic E-state index is 0.873. The van der Waals surface area contributed by atoms with Crippen LogP contribution in [-0.2, 0) is 0 Å². The maximum absolute atomic E-state index is 5.20. The van der Waals surface area contributed by atoms with Crippen LogP contribution < -0.4 is 0 Å². The highest BCUT2D eigenvalue weighted by atomic mass is 14.8. The molecule has 0 spiro atoms. The normalized spacial score (nSPS) is 12.0. The number of benzene rings is 2. The van der Waals surface area contributed by atoms with E-state index < -0.39 is 0 Å². The Morgan fingerprint density at radius 1 is 0.367 bits per heavy atom. The molecule has 7 rings (SSSR count). The number of fused-ring (bicyclic) bond motifs is 12. The fourth-order valence-corrected chi connectivity index (χ4v) is 4.53. The van der Waals surface area contributed by atoms with E-state index in [4.69, 9.17) is 4.98 Å². The van der Waals surface area contributed by atoms with Crippen LogP contribution in [0.15, 0.2) is 79.4 Å². The van der Waals surface area contributed by atoms with E-state index in [9.17, 15) is 0 Å². The molecule has 0 saturated heterocycles. The fourth-order valence-electron chi connectivity index (χ4n) is 4.53. The number of aromatic nitrogens is 5. The lowest BCUT2D eigenvalue weighted by Gasteiger charge is -2.12. The molecule has 0 bridgehead atoms. The summed E-state index contributed by atoms with van der Waals surface area (Å²) < 4.78 is 0. The molecule has 0 aliphatic rings. The summed E-state index contributed by atoms with van der Waals surface area (Å²) in [5.41, 5.74) is 5.40. The Morgan fingerprint density at radius 3 is 1.17 bits per heavy atom. The van der Waals surface area contributed by atoms with E-state index in [0.717, 1.165) is 65.4 Å². The molecule has 5 nitrogen and oxygen atoms in total. The van der Waals surface area contributed by atoms with Crippen molar-refractivity contribution >= 4 is 65.4 Å². The van der Waals surface area contributed by atoms with Gasteiger partial charge in [-0.05, 0) is 42.5 Å². The second-order valence-corrected chi connectivity index (χ2v) is 7.38. The van der Waals surface area contributed by atoms with Gasteiger partial charge < -0.3 is 0 Å². The van der Waals surface area contributed by atoms with Crippen LogP contribution in [0.4, 0.5) is 0 Å². The molecule has 0 saturated carbocycles. The van der Waals surface area contributed by atoms with E-state index in [2.05, 4.69) is 50.3 Å². The number of pyridine rings is 5. The highest BCUT2D eigenvalue weighted by molar-refractivity contribution is 6.28. The van der Waals surface area contributed by atoms with Gasteiger partial charge in [0.05, 0.1) is 33.1 Å². The topological polar surface area (TPSA) is 64.5 Å². The number of hydrogen-bond donors (Lipinski definition) is 0. The molecule has 2 aromatic carbocycles. The zero-order valence-electron chi connectivity index (χ0n) is 15.7. The lowest BCUT2D eigenvalue weighted by molar-refractivity contribution is 1.37. The third-order valence-corrected chi connectivity index (χ3v) is 5.79. The van der Waals surface area contributed by atoms with Gasteiger partial charge in [-0.3, -0.25) is 19.9 Å². The summed E-state index contributed by atoms with van der Waals surface area (Å²) in [6.07, 6.45) is 7.24. The van der Waals surface area contributed by atoms with Crippen LogP contribution in [0.1, 0.15) is 0 Å². The van der Waals surface area contributed by atoms with Gasteiger partial charge in [0, 0.05) is 57.1 Å². The van der Waals surface area contributed by atoms with Gasteiger partial charge in [-0.15, -0.1) is 0 Å². The SMILES string of the molecule is c1cnc2c(c1)c1cc3c4cccnc4c4ncccc4c3nc1c1cccnc12. The molecule has 0 aliphatic heterocycles. The molecule has 7 aromatic rings. The Bertz CT molecular complexity index is 1540. The standard InChI is InChI=1S/C25H13N5/c1-5-14-18-13-19-15-6-2-10-27-23(15)25-17(8-4-12-29-25)21(19)30-20(18)16-7-3-11-28-24(16)22(14)26-9-1/h1-13H. The Balaban J connectivity index is 1.86. The minimum Gasteiger partial charge on any atom is -0.254 e. The van der Waals surface area contributed by atoms with Crippen LogP contribution >= 0.6 is 0 Å². The Morgan fingerprint density at radius 2 is 0.733 bits per heavy atom. The van der Waals surface area contributed by atoms with Crippen molar-refractivity contribution in [2.75, 3.05) is 0 Å². The van der Waals surface area contributed by atoms with Gasteiger partial charge in [0.2, 0.25) is 0 Å². The first-order valence-corrected chi connectivity index (χ1v) is 9.77. The summed E-state index contributed by atoms with van der Waals surface area (Å²) in [5, 5.41) is 6.25. The van der Waals surface area contributed by atoms with Crippen molar-refractivity contribution in [3.8, 4) is 0 Å². The zero-order chi connectivity index (χ0) is 19.7. The summed E-state index contributed by atoms with van der Waals surface area (Å²) in [6, 6.07) is 18.4. The van der Waals surface area contributed by atoms with Crippen molar-refractivity contribution < 1.29 is 0 Å². The molecule has 0 unspecified atom stereocenters. The molecule has 5 aromatic heterocycles. The third-order valence-electron chi connectivity index (χ3n) is 5.79. The van der Waals surface area contributed by atoms with Gasteiger partial charge >= 0.3 is 0 Å². The van der Waals surface area contributed by atoms with E-state index in [0.29, 0.717) is 0 Å². The van der Waals surface area contributed by atoms with Crippen LogP contribution in [0, 0.1) is 0 Å². The number of nitrogens with zero attached hydrogens (tertiary/aromatic N) is 5. The van der Waals surface area contributed by atoms with Crippen molar-refractivity contribution in [3.63, 3.8) is 0 Å². The lowest BCUT2D eigenvalue weighted by Crippen LogP contribution is -1.93. The van der Waals surface area contributed by atoms with Gasteiger partial charge in [0.15, 0.2) is 0 Å². The molecular formula is C25H13N5. The smallest absolute Gasteiger partial charge is 0.0986 e. The lowest BCUT2D eigenvalue weighted by atomic mass is 9.98. The van der Waals surface area contributed by atoms with Crippen LogP contribution in [0.2, 0.25) is 0 Å². The van der Waals surface area contributed by atoms with E-state index in [1.807, 2.05) is 49.1 Å². The van der Waals surface area contributed by atoms with Gasteiger partial charge in [-0.2, -0.15) is 0 Å². The van der Waals surface area contributed by atoms with Crippen LogP contribution in [0.5, 0.6) is 0 Å². The van der Waals surface area contributed by atoms with E-state index in [1.165, 1.54) is 0 Å². The van der Waals surface area contributed by atoms with Crippen LogP contribution in [-0.4, -0.2) is 24.9 Å². The van der Waals surface area contributed by atoms with Gasteiger partial charge in [0.1, 0.15) is 0 Å². The summed E-state index contributed by atoms with van der Waals surface area (Å²) in [7, 11) is 0. The largest absolute Gasteiger partial charge is 0.254 e. The second-order valence-electron chi connectivity index (χ2n) is 7.38. The summed E-state index contributed by atoms with van der Waals surface area (Å²) in [6.45, 7) is 0. The van der Waals surface area contributed by atoms with Crippen molar-refractivity contribution in [1.29, 1.82) is 0 Å².